The molecule has 3 rings (SSSR count). The molecule has 130 valence electrons. The zero-order valence-corrected chi connectivity index (χ0v) is 14.2. The van der Waals surface area contributed by atoms with Crippen molar-refractivity contribution in [2.75, 3.05) is 17.7 Å². The van der Waals surface area contributed by atoms with E-state index >= 15 is 0 Å². The molecule has 0 fully saturated rings. The van der Waals surface area contributed by atoms with E-state index in [0.717, 1.165) is 6.20 Å². The van der Waals surface area contributed by atoms with Gasteiger partial charge in [0.15, 0.2) is 0 Å². The Kier molecular flexibility index (Phi) is 4.94. The van der Waals surface area contributed by atoms with Gasteiger partial charge in [-0.1, -0.05) is 11.6 Å². The largest absolute Gasteiger partial charge is 0.480 e. The molecule has 8 nitrogen and oxygen atoms in total. The Hall–Kier alpha value is -2.94. The number of nitrogens with zero attached hydrogens (tertiary/aromatic N) is 4. The number of hydrogen-bond donors (Lipinski definition) is 3. The van der Waals surface area contributed by atoms with Crippen molar-refractivity contribution in [3.8, 4) is 5.88 Å². The molecule has 0 spiro atoms. The molecule has 0 saturated carbocycles. The number of H-pyrrole nitrogens is 1. The van der Waals surface area contributed by atoms with E-state index in [1.54, 1.807) is 18.2 Å². The van der Waals surface area contributed by atoms with Crippen LogP contribution in [0.4, 0.5) is 22.0 Å². The Morgan fingerprint density at radius 3 is 2.80 bits per heavy atom. The lowest BCUT2D eigenvalue weighted by molar-refractivity contribution is 0.397. The van der Waals surface area contributed by atoms with E-state index in [1.165, 1.54) is 13.2 Å². The van der Waals surface area contributed by atoms with Crippen LogP contribution in [-0.4, -0.2) is 32.3 Å². The van der Waals surface area contributed by atoms with E-state index in [-0.39, 0.29) is 11.2 Å². The molecule has 0 unspecified atom stereocenters. The van der Waals surface area contributed by atoms with Crippen molar-refractivity contribution >= 4 is 29.2 Å². The molecular formula is C15H15ClFN7O. The fourth-order valence-corrected chi connectivity index (χ4v) is 2.25. The maximum absolute atomic E-state index is 13.0. The number of ether oxygens (including phenoxy) is 1. The quantitative estimate of drug-likeness (QED) is 0.577. The van der Waals surface area contributed by atoms with Crippen molar-refractivity contribution in [1.82, 2.24) is 25.1 Å². The van der Waals surface area contributed by atoms with Gasteiger partial charge < -0.3 is 15.4 Å². The van der Waals surface area contributed by atoms with Crippen LogP contribution < -0.4 is 15.4 Å². The van der Waals surface area contributed by atoms with Crippen LogP contribution in [0.25, 0.3) is 0 Å². The van der Waals surface area contributed by atoms with Gasteiger partial charge in [0.25, 0.3) is 0 Å². The summed E-state index contributed by atoms with van der Waals surface area (Å²) in [5.41, 5.74) is 0.651. The zero-order valence-electron chi connectivity index (χ0n) is 13.4. The summed E-state index contributed by atoms with van der Waals surface area (Å²) < 4.78 is 18.0. The number of hydrogen-bond acceptors (Lipinski definition) is 7. The molecule has 0 radical (unpaired) electrons. The molecule has 25 heavy (non-hydrogen) atoms. The third-order valence-electron chi connectivity index (χ3n) is 3.26. The molecular weight excluding hydrogens is 349 g/mol. The maximum atomic E-state index is 13.0. The molecule has 0 aliphatic rings. The molecule has 0 aromatic carbocycles. The summed E-state index contributed by atoms with van der Waals surface area (Å²) in [6, 6.07) is 5.94. The van der Waals surface area contributed by atoms with Crippen LogP contribution in [-0.2, 0) is 0 Å². The van der Waals surface area contributed by atoms with Crippen LogP contribution in [0.2, 0.25) is 5.15 Å². The van der Waals surface area contributed by atoms with Crippen molar-refractivity contribution < 1.29 is 9.13 Å². The summed E-state index contributed by atoms with van der Waals surface area (Å²) >= 11 is 6.05. The van der Waals surface area contributed by atoms with E-state index < -0.39 is 5.82 Å². The zero-order chi connectivity index (χ0) is 17.8. The number of halogens is 2. The van der Waals surface area contributed by atoms with Gasteiger partial charge in [-0.3, -0.25) is 10.1 Å². The van der Waals surface area contributed by atoms with E-state index in [4.69, 9.17) is 16.3 Å². The standard InChI is InChI=1S/C15H15ClFN7O/c1-8(10-4-3-9(17)7-18-10)19-15-20-11(16)5-12(22-15)21-13-6-14(25-2)24-23-13/h3-8H,1-2H3,(H3,19,20,21,22,23,24)/t8-/m0/s1. The summed E-state index contributed by atoms with van der Waals surface area (Å²) in [5, 5.41) is 13.0. The number of aromatic amines is 1. The summed E-state index contributed by atoms with van der Waals surface area (Å²) in [7, 11) is 1.52. The highest BCUT2D eigenvalue weighted by Crippen LogP contribution is 2.22. The number of aromatic nitrogens is 5. The molecule has 0 aliphatic carbocycles. The first kappa shape index (κ1) is 16.9. The predicted octanol–water partition coefficient (Wildman–Crippen LogP) is 3.31. The minimum atomic E-state index is -0.392. The van der Waals surface area contributed by atoms with Crippen LogP contribution in [0, 0.1) is 5.82 Å². The second-order valence-corrected chi connectivity index (χ2v) is 5.50. The van der Waals surface area contributed by atoms with Crippen LogP contribution >= 0.6 is 11.6 Å². The molecule has 3 N–H and O–H groups in total. The van der Waals surface area contributed by atoms with Crippen LogP contribution in [0.15, 0.2) is 30.5 Å². The summed E-state index contributed by atoms with van der Waals surface area (Å²) in [4.78, 5) is 12.5. The van der Waals surface area contributed by atoms with Gasteiger partial charge in [-0.05, 0) is 19.1 Å². The Morgan fingerprint density at radius 2 is 2.12 bits per heavy atom. The van der Waals surface area contributed by atoms with E-state index in [2.05, 4.69) is 35.8 Å². The summed E-state index contributed by atoms with van der Waals surface area (Å²) in [5.74, 6) is 1.41. The maximum Gasteiger partial charge on any atom is 0.234 e. The third-order valence-corrected chi connectivity index (χ3v) is 3.45. The minimum absolute atomic E-state index is 0.237. The molecule has 10 heteroatoms. The average molecular weight is 364 g/mol. The first-order valence-corrected chi connectivity index (χ1v) is 7.70. The lowest BCUT2D eigenvalue weighted by Gasteiger charge is -2.14. The molecule has 1 atom stereocenters. The first-order valence-electron chi connectivity index (χ1n) is 7.32. The summed E-state index contributed by atoms with van der Waals surface area (Å²) in [6.07, 6.45) is 1.16. The fraction of sp³-hybridized carbons (Fsp3) is 0.200. The number of anilines is 3. The van der Waals surface area contributed by atoms with Crippen LogP contribution in [0.1, 0.15) is 18.7 Å². The minimum Gasteiger partial charge on any atom is -0.480 e. The molecule has 0 bridgehead atoms. The van der Waals surface area contributed by atoms with Gasteiger partial charge >= 0.3 is 0 Å². The van der Waals surface area contributed by atoms with Crippen molar-refractivity contribution in [3.05, 3.63) is 47.1 Å². The molecule has 3 heterocycles. The van der Waals surface area contributed by atoms with Crippen molar-refractivity contribution in [2.45, 2.75) is 13.0 Å². The second-order valence-electron chi connectivity index (χ2n) is 5.12. The van der Waals surface area contributed by atoms with Gasteiger partial charge in [0.2, 0.25) is 11.8 Å². The highest BCUT2D eigenvalue weighted by molar-refractivity contribution is 6.29. The Balaban J connectivity index is 1.75. The van der Waals surface area contributed by atoms with Crippen LogP contribution in [0.5, 0.6) is 5.88 Å². The van der Waals surface area contributed by atoms with E-state index in [1.807, 2.05) is 6.92 Å². The molecule has 0 saturated heterocycles. The number of rotatable bonds is 6. The van der Waals surface area contributed by atoms with Gasteiger partial charge in [0, 0.05) is 12.1 Å². The van der Waals surface area contributed by atoms with E-state index in [9.17, 15) is 4.39 Å². The Labute approximate surface area is 147 Å². The Morgan fingerprint density at radius 1 is 1.28 bits per heavy atom. The smallest absolute Gasteiger partial charge is 0.234 e. The molecule has 3 aromatic heterocycles. The molecule has 0 aliphatic heterocycles. The monoisotopic (exact) mass is 363 g/mol. The average Bonchev–Trinajstić information content (AvgIpc) is 3.02. The van der Waals surface area contributed by atoms with E-state index in [0.29, 0.717) is 29.2 Å². The third kappa shape index (κ3) is 4.32. The lowest BCUT2D eigenvalue weighted by atomic mass is 10.2. The van der Waals surface area contributed by atoms with Gasteiger partial charge in [-0.2, -0.15) is 4.98 Å². The number of methoxy groups -OCH3 is 1. The summed E-state index contributed by atoms with van der Waals surface area (Å²) in [6.45, 7) is 1.86. The van der Waals surface area contributed by atoms with Gasteiger partial charge in [-0.15, -0.1) is 5.10 Å². The van der Waals surface area contributed by atoms with Crippen molar-refractivity contribution in [3.63, 3.8) is 0 Å². The SMILES string of the molecule is COc1cc(Nc2cc(Cl)nc(N[C@@H](C)c3ccc(F)cn3)n2)[nH]n1. The number of nitrogens with one attached hydrogen (secondary N) is 3. The second kappa shape index (κ2) is 7.31. The number of pyridine rings is 1. The van der Waals surface area contributed by atoms with Gasteiger partial charge in [0.1, 0.15) is 22.6 Å². The van der Waals surface area contributed by atoms with Gasteiger partial charge in [0.05, 0.1) is 25.0 Å². The Bertz CT molecular complexity index is 855. The molecule has 3 aromatic rings. The topological polar surface area (TPSA) is 101 Å². The molecule has 0 amide bonds. The fourth-order valence-electron chi connectivity index (χ4n) is 2.07. The highest BCUT2D eigenvalue weighted by atomic mass is 35.5. The van der Waals surface area contributed by atoms with Crippen molar-refractivity contribution in [1.29, 1.82) is 0 Å². The lowest BCUT2D eigenvalue weighted by Crippen LogP contribution is -2.11. The van der Waals surface area contributed by atoms with Crippen molar-refractivity contribution in [2.24, 2.45) is 0 Å². The highest BCUT2D eigenvalue weighted by Gasteiger charge is 2.11. The van der Waals surface area contributed by atoms with Gasteiger partial charge in [-0.25, -0.2) is 9.37 Å². The van der Waals surface area contributed by atoms with Crippen LogP contribution in [0.3, 0.4) is 0 Å². The first-order chi connectivity index (χ1) is 12.0. The normalized spacial score (nSPS) is 11.8. The predicted molar refractivity (Wildman–Crippen MR) is 91.7 cm³/mol.